The van der Waals surface area contributed by atoms with Crippen LogP contribution in [-0.4, -0.2) is 57.0 Å². The fourth-order valence-electron chi connectivity index (χ4n) is 7.96. The van der Waals surface area contributed by atoms with Crippen molar-refractivity contribution in [3.63, 3.8) is 0 Å². The average molecular weight is 539 g/mol. The van der Waals surface area contributed by atoms with Crippen molar-refractivity contribution in [2.75, 3.05) is 19.6 Å². The number of hydrogen-bond acceptors (Lipinski definition) is 4. The number of piperidine rings is 2. The van der Waals surface area contributed by atoms with Crippen LogP contribution >= 0.6 is 11.3 Å². The summed E-state index contributed by atoms with van der Waals surface area (Å²) in [6.45, 7) is 5.01. The molecular weight excluding hydrogens is 500 g/mol. The Hall–Kier alpha value is -2.96. The van der Waals surface area contributed by atoms with Crippen molar-refractivity contribution in [1.29, 1.82) is 0 Å². The molecule has 3 aliphatic heterocycles. The number of likely N-dealkylation sites (tertiary alicyclic amines) is 1. The van der Waals surface area contributed by atoms with Crippen LogP contribution < -0.4 is 0 Å². The molecule has 5 nitrogen and oxygen atoms in total. The number of rotatable bonds is 6. The SMILES string of the molecule is Cc1nc2ccccc2n1C1CC2CCC(C1)N2CCC1(c2ccccc2)CCN(C(=O)c2cccs2)CC1. The zero-order valence-corrected chi connectivity index (χ0v) is 23.7. The van der Waals surface area contributed by atoms with E-state index in [0.29, 0.717) is 18.1 Å². The lowest BCUT2D eigenvalue weighted by Crippen LogP contribution is -2.49. The summed E-state index contributed by atoms with van der Waals surface area (Å²) in [5.74, 6) is 1.36. The highest BCUT2D eigenvalue weighted by Gasteiger charge is 2.44. The Morgan fingerprint density at radius 2 is 1.64 bits per heavy atom. The van der Waals surface area contributed by atoms with Gasteiger partial charge in [-0.15, -0.1) is 11.3 Å². The van der Waals surface area contributed by atoms with Gasteiger partial charge in [-0.3, -0.25) is 9.69 Å². The number of amides is 1. The molecule has 2 unspecified atom stereocenters. The third-order valence-corrected chi connectivity index (χ3v) is 10.8. The van der Waals surface area contributed by atoms with Crippen LogP contribution in [0.2, 0.25) is 0 Å². The maximum atomic E-state index is 13.1. The van der Waals surface area contributed by atoms with Crippen molar-refractivity contribution in [1.82, 2.24) is 19.4 Å². The van der Waals surface area contributed by atoms with Gasteiger partial charge in [0.25, 0.3) is 5.91 Å². The summed E-state index contributed by atoms with van der Waals surface area (Å²) in [6, 6.07) is 25.6. The van der Waals surface area contributed by atoms with E-state index in [1.807, 2.05) is 17.5 Å². The summed E-state index contributed by atoms with van der Waals surface area (Å²) in [5, 5.41) is 2.00. The second kappa shape index (κ2) is 10.2. The van der Waals surface area contributed by atoms with Gasteiger partial charge in [0.15, 0.2) is 0 Å². The van der Waals surface area contributed by atoms with Gasteiger partial charge >= 0.3 is 0 Å². The first-order valence-electron chi connectivity index (χ1n) is 14.7. The summed E-state index contributed by atoms with van der Waals surface area (Å²) < 4.78 is 2.53. The van der Waals surface area contributed by atoms with Crippen LogP contribution in [0.1, 0.15) is 72.0 Å². The summed E-state index contributed by atoms with van der Waals surface area (Å²) in [4.78, 5) is 23.7. The molecule has 0 spiro atoms. The van der Waals surface area contributed by atoms with E-state index in [0.717, 1.165) is 48.7 Å². The first kappa shape index (κ1) is 25.0. The number of imidazole rings is 1. The minimum atomic E-state index is 0.140. The van der Waals surface area contributed by atoms with E-state index in [2.05, 4.69) is 75.9 Å². The number of nitrogens with zero attached hydrogens (tertiary/aromatic N) is 4. The highest BCUT2D eigenvalue weighted by molar-refractivity contribution is 7.12. The van der Waals surface area contributed by atoms with E-state index >= 15 is 0 Å². The molecule has 6 heteroatoms. The van der Waals surface area contributed by atoms with E-state index in [4.69, 9.17) is 4.98 Å². The number of carbonyl (C=O) groups excluding carboxylic acids is 1. The van der Waals surface area contributed by atoms with Crippen molar-refractivity contribution in [2.45, 2.75) is 75.4 Å². The molecule has 3 aliphatic rings. The summed E-state index contributed by atoms with van der Waals surface area (Å²) in [6.07, 6.45) is 8.32. The van der Waals surface area contributed by atoms with Crippen molar-refractivity contribution in [3.05, 3.63) is 88.4 Å². The van der Waals surface area contributed by atoms with Gasteiger partial charge in [0.1, 0.15) is 5.82 Å². The molecule has 4 aromatic rings. The molecule has 0 radical (unpaired) electrons. The van der Waals surface area contributed by atoms with Crippen LogP contribution in [0.4, 0.5) is 0 Å². The monoisotopic (exact) mass is 538 g/mol. The van der Waals surface area contributed by atoms with Crippen molar-refractivity contribution in [3.8, 4) is 0 Å². The predicted molar refractivity (Wildman–Crippen MR) is 158 cm³/mol. The van der Waals surface area contributed by atoms with E-state index in [1.54, 1.807) is 11.3 Å². The van der Waals surface area contributed by atoms with Gasteiger partial charge in [-0.25, -0.2) is 4.98 Å². The van der Waals surface area contributed by atoms with Gasteiger partial charge in [0.2, 0.25) is 0 Å². The highest BCUT2D eigenvalue weighted by Crippen LogP contribution is 2.45. The number of thiophene rings is 1. The van der Waals surface area contributed by atoms with E-state index in [-0.39, 0.29) is 11.3 Å². The van der Waals surface area contributed by atoms with Gasteiger partial charge in [0, 0.05) is 31.2 Å². The normalized spacial score (nSPS) is 24.8. The number of para-hydroxylation sites is 2. The van der Waals surface area contributed by atoms with Crippen LogP contribution in [0.15, 0.2) is 72.1 Å². The number of hydrogen-bond donors (Lipinski definition) is 0. The predicted octanol–water partition coefficient (Wildman–Crippen LogP) is 6.84. The van der Waals surface area contributed by atoms with Gasteiger partial charge < -0.3 is 9.47 Å². The second-order valence-corrected chi connectivity index (χ2v) is 12.9. The standard InChI is InChI=1S/C33H38N4OS/c1-24-34-29-10-5-6-11-30(29)37(24)28-22-26-13-14-27(23-28)36(26)20-17-33(25-8-3-2-4-9-25)15-18-35(19-16-33)32(38)31-12-7-21-39-31/h2-12,21,26-28H,13-20,22-23H2,1H3. The van der Waals surface area contributed by atoms with Gasteiger partial charge in [-0.2, -0.15) is 0 Å². The molecule has 7 rings (SSSR count). The molecule has 2 atom stereocenters. The molecule has 39 heavy (non-hydrogen) atoms. The molecule has 0 N–H and O–H groups in total. The van der Waals surface area contributed by atoms with Crippen molar-refractivity contribution < 1.29 is 4.79 Å². The van der Waals surface area contributed by atoms with Gasteiger partial charge in [-0.1, -0.05) is 48.5 Å². The lowest BCUT2D eigenvalue weighted by molar-refractivity contribution is 0.0611. The summed E-state index contributed by atoms with van der Waals surface area (Å²) in [7, 11) is 0. The van der Waals surface area contributed by atoms with Crippen molar-refractivity contribution >= 4 is 28.3 Å². The molecule has 2 bridgehead atoms. The van der Waals surface area contributed by atoms with Crippen LogP contribution in [0.25, 0.3) is 11.0 Å². The lowest BCUT2D eigenvalue weighted by Gasteiger charge is -2.45. The topological polar surface area (TPSA) is 41.4 Å². The van der Waals surface area contributed by atoms with Crippen molar-refractivity contribution in [2.24, 2.45) is 0 Å². The smallest absolute Gasteiger partial charge is 0.263 e. The maximum Gasteiger partial charge on any atom is 0.263 e. The molecule has 202 valence electrons. The molecule has 3 saturated heterocycles. The lowest BCUT2D eigenvalue weighted by atomic mass is 9.70. The number of aryl methyl sites for hydroxylation is 1. The first-order valence-corrected chi connectivity index (χ1v) is 15.6. The average Bonchev–Trinajstić information content (AvgIpc) is 3.68. The molecule has 2 aromatic carbocycles. The Morgan fingerprint density at radius 3 is 2.36 bits per heavy atom. The summed E-state index contributed by atoms with van der Waals surface area (Å²) >= 11 is 1.55. The van der Waals surface area contributed by atoms with Crippen LogP contribution in [-0.2, 0) is 5.41 Å². The van der Waals surface area contributed by atoms with Gasteiger partial charge in [0.05, 0.1) is 15.9 Å². The zero-order valence-electron chi connectivity index (χ0n) is 22.8. The largest absolute Gasteiger partial charge is 0.338 e. The summed E-state index contributed by atoms with van der Waals surface area (Å²) in [5.41, 5.74) is 4.01. The molecule has 1 amide bonds. The Bertz CT molecular complexity index is 1420. The second-order valence-electron chi connectivity index (χ2n) is 11.9. The van der Waals surface area contributed by atoms with Crippen LogP contribution in [0.3, 0.4) is 0 Å². The number of benzene rings is 2. The minimum absolute atomic E-state index is 0.140. The van der Waals surface area contributed by atoms with E-state index in [1.165, 1.54) is 43.2 Å². The van der Waals surface area contributed by atoms with E-state index < -0.39 is 0 Å². The van der Waals surface area contributed by atoms with Crippen LogP contribution in [0.5, 0.6) is 0 Å². The third-order valence-electron chi connectivity index (χ3n) is 9.97. The zero-order chi connectivity index (χ0) is 26.4. The van der Waals surface area contributed by atoms with E-state index in [9.17, 15) is 4.79 Å². The Kier molecular flexibility index (Phi) is 6.56. The maximum absolute atomic E-state index is 13.1. The minimum Gasteiger partial charge on any atom is -0.338 e. The quantitative estimate of drug-likeness (QED) is 0.270. The molecule has 2 aromatic heterocycles. The fourth-order valence-corrected chi connectivity index (χ4v) is 8.65. The number of aromatic nitrogens is 2. The number of carbonyl (C=O) groups is 1. The molecule has 3 fully saturated rings. The molecule has 0 saturated carbocycles. The Balaban J connectivity index is 1.07. The Labute approximate surface area is 235 Å². The highest BCUT2D eigenvalue weighted by atomic mass is 32.1. The molecular formula is C33H38N4OS. The fraction of sp³-hybridized carbons (Fsp3) is 0.455. The first-order chi connectivity index (χ1) is 19.1. The third kappa shape index (κ3) is 4.52. The molecule has 5 heterocycles. The molecule has 0 aliphatic carbocycles. The number of fused-ring (bicyclic) bond motifs is 3. The van der Waals surface area contributed by atoms with Crippen LogP contribution in [0, 0.1) is 6.92 Å². The van der Waals surface area contributed by atoms with Gasteiger partial charge in [-0.05, 0) is 93.0 Å². The Morgan fingerprint density at radius 1 is 0.923 bits per heavy atom.